The molecular formula is C23H20N2O5S. The van der Waals surface area contributed by atoms with E-state index in [0.717, 1.165) is 22.3 Å². The second kappa shape index (κ2) is 9.11. The Morgan fingerprint density at radius 3 is 2.58 bits per heavy atom. The highest BCUT2D eigenvalue weighted by Crippen LogP contribution is 2.33. The molecule has 0 aliphatic carbocycles. The number of hydrogen-bond acceptors (Lipinski definition) is 7. The lowest BCUT2D eigenvalue weighted by atomic mass is 10.1. The Labute approximate surface area is 182 Å². The van der Waals surface area contributed by atoms with E-state index in [2.05, 4.69) is 10.3 Å². The van der Waals surface area contributed by atoms with Crippen molar-refractivity contribution in [1.29, 1.82) is 0 Å². The van der Waals surface area contributed by atoms with E-state index in [1.54, 1.807) is 20.1 Å². The van der Waals surface area contributed by atoms with E-state index in [0.29, 0.717) is 21.7 Å². The van der Waals surface area contributed by atoms with Crippen molar-refractivity contribution in [3.8, 4) is 11.3 Å². The lowest BCUT2D eigenvalue weighted by molar-refractivity contribution is 0.0532. The molecule has 0 bridgehead atoms. The molecule has 0 fully saturated rings. The standard InChI is InChI=1S/C23H20N2O5S/c1-3-29-22(27)20-18(14-9-5-4-6-10-14)24-23(31-20)25-21(26)19-16(13-28-2)15-11-7-8-12-17(15)30-19/h4-12H,3,13H2,1-2H3,(H,24,25,26). The van der Waals surface area contributed by atoms with Gasteiger partial charge >= 0.3 is 5.97 Å². The minimum absolute atomic E-state index is 0.150. The largest absolute Gasteiger partial charge is 0.462 e. The van der Waals surface area contributed by atoms with E-state index < -0.39 is 11.9 Å². The first-order valence-electron chi connectivity index (χ1n) is 9.66. The van der Waals surface area contributed by atoms with Crippen molar-refractivity contribution >= 4 is 39.3 Å². The van der Waals surface area contributed by atoms with Crippen LogP contribution in [-0.2, 0) is 16.1 Å². The van der Waals surface area contributed by atoms with Crippen LogP contribution in [0.3, 0.4) is 0 Å². The molecule has 2 heterocycles. The highest BCUT2D eigenvalue weighted by Gasteiger charge is 2.25. The number of carbonyl (C=O) groups is 2. The van der Waals surface area contributed by atoms with Crippen LogP contribution in [0.25, 0.3) is 22.2 Å². The van der Waals surface area contributed by atoms with Gasteiger partial charge in [0.05, 0.1) is 18.9 Å². The van der Waals surface area contributed by atoms with Gasteiger partial charge in [-0.2, -0.15) is 0 Å². The van der Waals surface area contributed by atoms with Crippen LogP contribution >= 0.6 is 11.3 Å². The lowest BCUT2D eigenvalue weighted by Crippen LogP contribution is -2.13. The third-order valence-electron chi connectivity index (χ3n) is 4.55. The molecule has 0 saturated carbocycles. The Morgan fingerprint density at radius 2 is 1.84 bits per heavy atom. The van der Waals surface area contributed by atoms with Crippen molar-refractivity contribution < 1.29 is 23.5 Å². The van der Waals surface area contributed by atoms with Gasteiger partial charge in [0.1, 0.15) is 10.5 Å². The molecule has 0 radical (unpaired) electrons. The minimum Gasteiger partial charge on any atom is -0.462 e. The summed E-state index contributed by atoms with van der Waals surface area (Å²) in [6.45, 7) is 2.20. The van der Waals surface area contributed by atoms with Gasteiger partial charge in [-0.25, -0.2) is 9.78 Å². The zero-order valence-corrected chi connectivity index (χ0v) is 17.8. The number of carbonyl (C=O) groups excluding carboxylic acids is 2. The second-order valence-corrected chi connectivity index (χ2v) is 7.58. The lowest BCUT2D eigenvalue weighted by Gasteiger charge is -2.02. The molecule has 0 aliphatic heterocycles. The third-order valence-corrected chi connectivity index (χ3v) is 5.50. The van der Waals surface area contributed by atoms with E-state index in [1.807, 2.05) is 48.5 Å². The summed E-state index contributed by atoms with van der Waals surface area (Å²) in [5, 5.41) is 3.84. The Bertz CT molecular complexity index is 1230. The number of nitrogens with zero attached hydrogens (tertiary/aromatic N) is 1. The topological polar surface area (TPSA) is 90.7 Å². The van der Waals surface area contributed by atoms with Crippen molar-refractivity contribution in [2.75, 3.05) is 19.0 Å². The molecule has 4 rings (SSSR count). The predicted molar refractivity (Wildman–Crippen MR) is 118 cm³/mol. The summed E-state index contributed by atoms with van der Waals surface area (Å²) in [7, 11) is 1.56. The average molecular weight is 436 g/mol. The fourth-order valence-electron chi connectivity index (χ4n) is 3.22. The van der Waals surface area contributed by atoms with Gasteiger partial charge in [0, 0.05) is 23.6 Å². The van der Waals surface area contributed by atoms with Crippen LogP contribution in [0.1, 0.15) is 32.7 Å². The number of benzene rings is 2. The van der Waals surface area contributed by atoms with Crippen molar-refractivity contribution in [1.82, 2.24) is 4.98 Å². The number of para-hydroxylation sites is 1. The van der Waals surface area contributed by atoms with E-state index in [1.165, 1.54) is 0 Å². The SMILES string of the molecule is CCOC(=O)c1sc(NC(=O)c2oc3ccccc3c2COC)nc1-c1ccccc1. The van der Waals surface area contributed by atoms with Gasteiger partial charge in [-0.3, -0.25) is 10.1 Å². The number of thiazole rings is 1. The highest BCUT2D eigenvalue weighted by atomic mass is 32.1. The molecular weight excluding hydrogens is 416 g/mol. The summed E-state index contributed by atoms with van der Waals surface area (Å²) in [6.07, 6.45) is 0. The average Bonchev–Trinajstić information content (AvgIpc) is 3.37. The zero-order chi connectivity index (χ0) is 21.8. The number of furan rings is 1. The summed E-state index contributed by atoms with van der Waals surface area (Å²) in [5.74, 6) is -0.799. The number of anilines is 1. The first-order chi connectivity index (χ1) is 15.1. The molecule has 0 spiro atoms. The van der Waals surface area contributed by atoms with Gasteiger partial charge in [-0.1, -0.05) is 59.9 Å². The highest BCUT2D eigenvalue weighted by molar-refractivity contribution is 7.18. The summed E-state index contributed by atoms with van der Waals surface area (Å²) in [6, 6.07) is 16.7. The maximum Gasteiger partial charge on any atom is 0.350 e. The molecule has 1 amide bonds. The molecule has 2 aromatic carbocycles. The number of esters is 1. The first kappa shape index (κ1) is 20.8. The molecule has 0 aliphatic rings. The summed E-state index contributed by atoms with van der Waals surface area (Å²) < 4.78 is 16.2. The van der Waals surface area contributed by atoms with Crippen LogP contribution in [0.5, 0.6) is 0 Å². The molecule has 1 N–H and O–H groups in total. The molecule has 4 aromatic rings. The van der Waals surface area contributed by atoms with Gasteiger partial charge in [-0.15, -0.1) is 0 Å². The van der Waals surface area contributed by atoms with Gasteiger partial charge in [0.2, 0.25) is 0 Å². The quantitative estimate of drug-likeness (QED) is 0.404. The molecule has 0 saturated heterocycles. The maximum absolute atomic E-state index is 13.0. The van der Waals surface area contributed by atoms with Crippen molar-refractivity contribution in [3.63, 3.8) is 0 Å². The Hall–Kier alpha value is -3.49. The number of hydrogen-bond donors (Lipinski definition) is 1. The van der Waals surface area contributed by atoms with E-state index >= 15 is 0 Å². The normalized spacial score (nSPS) is 10.9. The Kier molecular flexibility index (Phi) is 6.11. The molecule has 7 nitrogen and oxygen atoms in total. The summed E-state index contributed by atoms with van der Waals surface area (Å²) in [4.78, 5) is 30.3. The van der Waals surface area contributed by atoms with Crippen LogP contribution in [0, 0.1) is 0 Å². The Balaban J connectivity index is 1.70. The van der Waals surface area contributed by atoms with Crippen LogP contribution < -0.4 is 5.32 Å². The smallest absolute Gasteiger partial charge is 0.350 e. The monoisotopic (exact) mass is 436 g/mol. The molecule has 2 aromatic heterocycles. The van der Waals surface area contributed by atoms with Crippen LogP contribution in [0.15, 0.2) is 59.0 Å². The van der Waals surface area contributed by atoms with Crippen LogP contribution in [-0.4, -0.2) is 30.6 Å². The minimum atomic E-state index is -0.483. The maximum atomic E-state index is 13.0. The van der Waals surface area contributed by atoms with Crippen LogP contribution in [0.2, 0.25) is 0 Å². The molecule has 158 valence electrons. The third kappa shape index (κ3) is 4.21. The predicted octanol–water partition coefficient (Wildman–Crippen LogP) is 5.13. The molecule has 0 atom stereocenters. The zero-order valence-electron chi connectivity index (χ0n) is 17.0. The fourth-order valence-corrected chi connectivity index (χ4v) is 4.10. The molecule has 0 unspecified atom stereocenters. The number of nitrogens with one attached hydrogen (secondary N) is 1. The van der Waals surface area contributed by atoms with Gasteiger partial charge in [0.15, 0.2) is 10.9 Å². The van der Waals surface area contributed by atoms with Crippen molar-refractivity contribution in [2.24, 2.45) is 0 Å². The van der Waals surface area contributed by atoms with Gasteiger partial charge in [0.25, 0.3) is 5.91 Å². The summed E-state index contributed by atoms with van der Waals surface area (Å²) in [5.41, 5.74) is 2.46. The van der Waals surface area contributed by atoms with E-state index in [4.69, 9.17) is 13.9 Å². The van der Waals surface area contributed by atoms with Crippen molar-refractivity contribution in [3.05, 3.63) is 70.8 Å². The number of amides is 1. The van der Waals surface area contributed by atoms with Gasteiger partial charge in [-0.05, 0) is 13.0 Å². The van der Waals surface area contributed by atoms with Crippen LogP contribution in [0.4, 0.5) is 5.13 Å². The number of aromatic nitrogens is 1. The summed E-state index contributed by atoms with van der Waals surface area (Å²) >= 11 is 1.06. The van der Waals surface area contributed by atoms with Crippen molar-refractivity contribution in [2.45, 2.75) is 13.5 Å². The number of methoxy groups -OCH3 is 1. The number of fused-ring (bicyclic) bond motifs is 1. The number of ether oxygens (including phenoxy) is 2. The molecule has 31 heavy (non-hydrogen) atoms. The second-order valence-electron chi connectivity index (χ2n) is 6.58. The first-order valence-corrected chi connectivity index (χ1v) is 10.5. The number of rotatable bonds is 7. The Morgan fingerprint density at radius 1 is 1.10 bits per heavy atom. The van der Waals surface area contributed by atoms with E-state index in [-0.39, 0.29) is 24.1 Å². The van der Waals surface area contributed by atoms with E-state index in [9.17, 15) is 9.59 Å². The van der Waals surface area contributed by atoms with Gasteiger partial charge < -0.3 is 13.9 Å². The fraction of sp³-hybridized carbons (Fsp3) is 0.174. The molecule has 8 heteroatoms.